The van der Waals surface area contributed by atoms with Crippen LogP contribution >= 0.6 is 11.6 Å². The highest BCUT2D eigenvalue weighted by molar-refractivity contribution is 6.30. The van der Waals surface area contributed by atoms with E-state index in [0.29, 0.717) is 28.3 Å². The minimum atomic E-state index is -0.911. The number of esters is 2. The molecule has 1 N–H and O–H groups in total. The first kappa shape index (κ1) is 23.6. The third-order valence-electron chi connectivity index (χ3n) is 6.97. The molecule has 7 heteroatoms. The van der Waals surface area contributed by atoms with Crippen LogP contribution in [-0.4, -0.2) is 30.9 Å². The van der Waals surface area contributed by atoms with Crippen LogP contribution in [0.2, 0.25) is 5.02 Å². The van der Waals surface area contributed by atoms with Gasteiger partial charge in [-0.15, -0.1) is 0 Å². The first-order chi connectivity index (χ1) is 15.8. The summed E-state index contributed by atoms with van der Waals surface area (Å²) in [6.45, 7) is 3.70. The van der Waals surface area contributed by atoms with Crippen molar-refractivity contribution in [2.45, 2.75) is 64.4 Å². The Labute approximate surface area is 199 Å². The Bertz CT molecular complexity index is 1040. The number of Topliss-reactive ketones (excluding diaryl/α,β-unsaturated/α-hetero) is 1. The Kier molecular flexibility index (Phi) is 6.94. The monoisotopic (exact) mass is 471 g/mol. The second-order valence-corrected chi connectivity index (χ2v) is 9.69. The smallest absolute Gasteiger partial charge is 0.337 e. The quantitative estimate of drug-likeness (QED) is 0.500. The second-order valence-electron chi connectivity index (χ2n) is 9.26. The summed E-state index contributed by atoms with van der Waals surface area (Å²) in [4.78, 5) is 39.7. The van der Waals surface area contributed by atoms with E-state index in [1.54, 1.807) is 18.2 Å². The van der Waals surface area contributed by atoms with Crippen molar-refractivity contribution >= 4 is 29.3 Å². The van der Waals surface area contributed by atoms with Crippen LogP contribution in [0.15, 0.2) is 46.8 Å². The highest BCUT2D eigenvalue weighted by Crippen LogP contribution is 2.46. The molecule has 3 atom stereocenters. The maximum Gasteiger partial charge on any atom is 0.337 e. The Balaban J connectivity index is 1.78. The number of ether oxygens (including phenoxy) is 2. The predicted molar refractivity (Wildman–Crippen MR) is 124 cm³/mol. The largest absolute Gasteiger partial charge is 0.468 e. The van der Waals surface area contributed by atoms with Crippen molar-refractivity contribution in [1.82, 2.24) is 5.32 Å². The number of ketones is 1. The van der Waals surface area contributed by atoms with Crippen molar-refractivity contribution in [3.8, 4) is 0 Å². The molecule has 1 aromatic rings. The summed E-state index contributed by atoms with van der Waals surface area (Å²) in [5.41, 5.74) is 2.94. The van der Waals surface area contributed by atoms with Crippen LogP contribution in [0.4, 0.5) is 0 Å². The molecule has 0 unspecified atom stereocenters. The number of dihydropyridines is 1. The molecule has 0 spiro atoms. The number of methoxy groups -OCH3 is 1. The molecular weight excluding hydrogens is 442 g/mol. The average Bonchev–Trinajstić information content (AvgIpc) is 2.78. The lowest BCUT2D eigenvalue weighted by atomic mass is 9.69. The topological polar surface area (TPSA) is 81.7 Å². The maximum atomic E-state index is 13.7. The third kappa shape index (κ3) is 4.58. The normalized spacial score (nSPS) is 25.9. The fourth-order valence-electron chi connectivity index (χ4n) is 5.37. The minimum Gasteiger partial charge on any atom is -0.468 e. The first-order valence-corrected chi connectivity index (χ1v) is 12.0. The van der Waals surface area contributed by atoms with Gasteiger partial charge in [0, 0.05) is 27.9 Å². The van der Waals surface area contributed by atoms with E-state index in [1.165, 1.54) is 7.11 Å². The van der Waals surface area contributed by atoms with Crippen LogP contribution in [0.1, 0.15) is 63.9 Å². The zero-order chi connectivity index (χ0) is 23.7. The van der Waals surface area contributed by atoms with Gasteiger partial charge >= 0.3 is 11.9 Å². The summed E-state index contributed by atoms with van der Waals surface area (Å²) in [7, 11) is 1.29. The lowest BCUT2D eigenvalue weighted by Crippen LogP contribution is -2.43. The fraction of sp³-hybridized carbons (Fsp3) is 0.500. The molecule has 176 valence electrons. The average molecular weight is 472 g/mol. The van der Waals surface area contributed by atoms with Gasteiger partial charge in [-0.05, 0) is 62.6 Å². The van der Waals surface area contributed by atoms with Gasteiger partial charge in [0.15, 0.2) is 5.78 Å². The van der Waals surface area contributed by atoms with Gasteiger partial charge in [0.2, 0.25) is 0 Å². The van der Waals surface area contributed by atoms with Gasteiger partial charge in [0.25, 0.3) is 0 Å². The van der Waals surface area contributed by atoms with Gasteiger partial charge in [-0.1, -0.05) is 37.1 Å². The van der Waals surface area contributed by atoms with Crippen molar-refractivity contribution in [2.24, 2.45) is 11.8 Å². The fourth-order valence-corrected chi connectivity index (χ4v) is 5.57. The van der Waals surface area contributed by atoms with E-state index >= 15 is 0 Å². The van der Waals surface area contributed by atoms with Gasteiger partial charge < -0.3 is 14.8 Å². The van der Waals surface area contributed by atoms with Gasteiger partial charge in [-0.3, -0.25) is 9.59 Å². The highest BCUT2D eigenvalue weighted by Gasteiger charge is 2.47. The summed E-state index contributed by atoms with van der Waals surface area (Å²) >= 11 is 6.30. The zero-order valence-electron chi connectivity index (χ0n) is 19.3. The molecule has 4 rings (SSSR count). The summed E-state index contributed by atoms with van der Waals surface area (Å²) < 4.78 is 10.9. The molecule has 1 aliphatic heterocycles. The van der Waals surface area contributed by atoms with Crippen LogP contribution in [0, 0.1) is 11.8 Å². The standard InChI is InChI=1S/C26H30ClNO5/c1-14-12-19-23(24(29)20(14)25(30)32-3)22(16-8-7-9-17(27)13-16)21(15(2)28-19)26(31)33-18-10-5-4-6-11-18/h7-9,13-14,18,20,22,28H,4-6,10-12H2,1-3H3/t14-,20+,22+/m1/s1. The number of hydrogen-bond acceptors (Lipinski definition) is 6. The molecule has 0 radical (unpaired) electrons. The molecule has 1 heterocycles. The summed E-state index contributed by atoms with van der Waals surface area (Å²) in [5.74, 6) is -3.09. The van der Waals surface area contributed by atoms with E-state index < -0.39 is 23.8 Å². The summed E-state index contributed by atoms with van der Waals surface area (Å²) in [6, 6.07) is 7.17. The number of carbonyl (C=O) groups is 3. The van der Waals surface area contributed by atoms with E-state index in [0.717, 1.165) is 43.4 Å². The van der Waals surface area contributed by atoms with Crippen molar-refractivity contribution in [3.63, 3.8) is 0 Å². The molecule has 33 heavy (non-hydrogen) atoms. The minimum absolute atomic E-state index is 0.119. The second kappa shape index (κ2) is 9.72. The SMILES string of the molecule is COC(=O)[C@@H]1C(=O)C2=C(C[C@H]1C)NC(C)=C(C(=O)OC1CCCCC1)[C@@H]2c1cccc(Cl)c1. The Hall–Kier alpha value is -2.60. The van der Waals surface area contributed by atoms with Crippen molar-refractivity contribution in [1.29, 1.82) is 0 Å². The molecular formula is C26H30ClNO5. The number of carbonyl (C=O) groups excluding carboxylic acids is 3. The molecule has 1 fully saturated rings. The van der Waals surface area contributed by atoms with E-state index in [9.17, 15) is 14.4 Å². The van der Waals surface area contributed by atoms with Crippen molar-refractivity contribution < 1.29 is 23.9 Å². The Morgan fingerprint density at radius 2 is 1.88 bits per heavy atom. The first-order valence-electron chi connectivity index (χ1n) is 11.6. The van der Waals surface area contributed by atoms with E-state index in [1.807, 2.05) is 19.9 Å². The lowest BCUT2D eigenvalue weighted by Gasteiger charge is -2.38. The van der Waals surface area contributed by atoms with E-state index in [2.05, 4.69) is 5.32 Å². The van der Waals surface area contributed by atoms with Gasteiger partial charge in [0.05, 0.1) is 12.7 Å². The van der Waals surface area contributed by atoms with Crippen LogP contribution in [0.25, 0.3) is 0 Å². The van der Waals surface area contributed by atoms with Gasteiger partial charge in [-0.2, -0.15) is 0 Å². The molecule has 0 bridgehead atoms. The molecule has 3 aliphatic rings. The van der Waals surface area contributed by atoms with Crippen LogP contribution in [0.5, 0.6) is 0 Å². The number of halogens is 1. The highest BCUT2D eigenvalue weighted by atomic mass is 35.5. The molecule has 6 nitrogen and oxygen atoms in total. The van der Waals surface area contributed by atoms with Gasteiger partial charge in [-0.25, -0.2) is 4.79 Å². The number of rotatable bonds is 4. The number of nitrogens with one attached hydrogen (secondary N) is 1. The maximum absolute atomic E-state index is 13.7. The molecule has 2 aliphatic carbocycles. The Morgan fingerprint density at radius 1 is 1.15 bits per heavy atom. The number of hydrogen-bond donors (Lipinski definition) is 1. The third-order valence-corrected chi connectivity index (χ3v) is 7.21. The molecule has 1 saturated carbocycles. The van der Waals surface area contributed by atoms with Crippen molar-refractivity contribution in [3.05, 3.63) is 57.4 Å². The van der Waals surface area contributed by atoms with Crippen LogP contribution in [-0.2, 0) is 23.9 Å². The zero-order valence-corrected chi connectivity index (χ0v) is 20.0. The van der Waals surface area contributed by atoms with E-state index in [-0.39, 0.29) is 17.8 Å². The number of benzene rings is 1. The molecule has 0 saturated heterocycles. The van der Waals surface area contributed by atoms with E-state index in [4.69, 9.17) is 21.1 Å². The molecule has 0 amide bonds. The lowest BCUT2D eigenvalue weighted by molar-refractivity contribution is -0.151. The summed E-state index contributed by atoms with van der Waals surface area (Å²) in [6.07, 6.45) is 5.31. The van der Waals surface area contributed by atoms with Gasteiger partial charge in [0.1, 0.15) is 12.0 Å². The Morgan fingerprint density at radius 3 is 2.55 bits per heavy atom. The van der Waals surface area contributed by atoms with Crippen LogP contribution < -0.4 is 5.32 Å². The predicted octanol–water partition coefficient (Wildman–Crippen LogP) is 4.83. The molecule has 1 aromatic carbocycles. The summed E-state index contributed by atoms with van der Waals surface area (Å²) in [5, 5.41) is 3.80. The van der Waals surface area contributed by atoms with Crippen LogP contribution in [0.3, 0.4) is 0 Å². The number of allylic oxidation sites excluding steroid dienone is 3. The molecule has 0 aromatic heterocycles. The van der Waals surface area contributed by atoms with Crippen molar-refractivity contribution in [2.75, 3.05) is 7.11 Å².